The number of benzene rings is 1. The van der Waals surface area contributed by atoms with Crippen LogP contribution < -0.4 is 9.64 Å². The molecule has 12 heteroatoms. The van der Waals surface area contributed by atoms with Gasteiger partial charge in [-0.3, -0.25) is 0 Å². The van der Waals surface area contributed by atoms with E-state index in [-0.39, 0.29) is 11.8 Å². The summed E-state index contributed by atoms with van der Waals surface area (Å²) in [5.74, 6) is -0.569. The number of carboxylic acids is 1. The van der Waals surface area contributed by atoms with Crippen LogP contribution in [0.25, 0.3) is 33.4 Å². The number of hydrogen-bond donors (Lipinski definition) is 1. The van der Waals surface area contributed by atoms with Gasteiger partial charge in [0, 0.05) is 86.9 Å². The Hall–Kier alpha value is -4.71. The van der Waals surface area contributed by atoms with Crippen molar-refractivity contribution in [3.63, 3.8) is 0 Å². The zero-order valence-electron chi connectivity index (χ0n) is 29.6. The molecule has 1 aromatic carbocycles. The topological polar surface area (TPSA) is 113 Å². The molecule has 260 valence electrons. The Morgan fingerprint density at radius 1 is 1.10 bits per heavy atom. The lowest BCUT2D eigenvalue weighted by Crippen LogP contribution is -2.51. The molecular weight excluding hydrogens is 627 g/mol. The molecule has 0 bridgehead atoms. The van der Waals surface area contributed by atoms with Crippen LogP contribution in [0.2, 0.25) is 0 Å². The van der Waals surface area contributed by atoms with Crippen LogP contribution in [0.3, 0.4) is 0 Å². The number of rotatable bonds is 6. The fourth-order valence-corrected chi connectivity index (χ4v) is 7.01. The highest BCUT2D eigenvalue weighted by atomic mass is 19.1. The minimum atomic E-state index is -1.35. The largest absolute Gasteiger partial charge is 0.490 e. The van der Waals surface area contributed by atoms with Crippen LogP contribution in [0.4, 0.5) is 15.0 Å². The van der Waals surface area contributed by atoms with Crippen LogP contribution in [0.15, 0.2) is 30.5 Å². The minimum absolute atomic E-state index is 0.00515. The second-order valence-electron chi connectivity index (χ2n) is 14.1. The summed E-state index contributed by atoms with van der Waals surface area (Å²) in [6, 6.07) is 7.41. The van der Waals surface area contributed by atoms with Crippen molar-refractivity contribution < 1.29 is 28.6 Å². The van der Waals surface area contributed by atoms with Gasteiger partial charge in [-0.1, -0.05) is 0 Å². The van der Waals surface area contributed by atoms with Crippen molar-refractivity contribution in [2.75, 3.05) is 51.8 Å². The summed E-state index contributed by atoms with van der Waals surface area (Å²) in [5.41, 5.74) is 5.27. The van der Waals surface area contributed by atoms with Crippen molar-refractivity contribution in [2.24, 2.45) is 7.05 Å². The van der Waals surface area contributed by atoms with Gasteiger partial charge in [-0.05, 0) is 82.9 Å². The van der Waals surface area contributed by atoms with E-state index in [0.29, 0.717) is 72.6 Å². The first-order chi connectivity index (χ1) is 23.2. The number of halogens is 1. The predicted octanol–water partition coefficient (Wildman–Crippen LogP) is 6.13. The molecule has 0 unspecified atom stereocenters. The maximum atomic E-state index is 15.8. The van der Waals surface area contributed by atoms with Crippen LogP contribution in [-0.2, 0) is 23.0 Å². The van der Waals surface area contributed by atoms with Gasteiger partial charge in [-0.25, -0.2) is 23.9 Å². The van der Waals surface area contributed by atoms with E-state index in [0.717, 1.165) is 34.6 Å². The number of aromatic nitrogens is 3. The molecule has 2 amide bonds. The SMILES string of the molecule is Cc1nc2c(cc(-c3ccnc(N4CCN(C(=O)N(C)C)CC4)c3)n2C)c(-c2cc(F)c3c(c2C)CCCO3)c1[C@H](OC(C)(C)C)C(=O)O. The molecule has 1 atom stereocenters. The Morgan fingerprint density at radius 3 is 2.47 bits per heavy atom. The van der Waals surface area contributed by atoms with Gasteiger partial charge < -0.3 is 33.8 Å². The van der Waals surface area contributed by atoms with E-state index in [1.165, 1.54) is 6.07 Å². The maximum absolute atomic E-state index is 15.8. The second-order valence-corrected chi connectivity index (χ2v) is 14.1. The Morgan fingerprint density at radius 2 is 1.82 bits per heavy atom. The minimum Gasteiger partial charge on any atom is -0.490 e. The summed E-state index contributed by atoms with van der Waals surface area (Å²) in [6.45, 7) is 12.1. The van der Waals surface area contributed by atoms with Crippen LogP contribution in [-0.4, -0.2) is 93.9 Å². The molecule has 49 heavy (non-hydrogen) atoms. The van der Waals surface area contributed by atoms with E-state index in [1.807, 2.05) is 62.4 Å². The highest BCUT2D eigenvalue weighted by molar-refractivity contribution is 6.01. The fraction of sp³-hybridized carbons (Fsp3) is 0.459. The molecule has 4 aromatic rings. The van der Waals surface area contributed by atoms with Crippen molar-refractivity contribution in [3.05, 3.63) is 58.7 Å². The molecular formula is C37H45FN6O5. The third kappa shape index (κ3) is 6.41. The summed E-state index contributed by atoms with van der Waals surface area (Å²) in [7, 11) is 5.44. The Balaban J connectivity index is 1.52. The monoisotopic (exact) mass is 672 g/mol. The number of urea groups is 1. The standard InChI is InChI=1S/C37H45FN6O5/c1-21-24-10-9-17-48-32(24)27(38)19-25(21)31-26-20-28(42(8)34(26)40-22(2)30(31)33(35(45)46)49-37(3,4)5)23-11-12-39-29(18-23)43-13-15-44(16-14-43)36(47)41(6)7/h11-12,18-20,33H,9-10,13-17H2,1-8H3,(H,45,46)/t33-/m0/s1. The average Bonchev–Trinajstić information content (AvgIpc) is 3.39. The molecule has 0 radical (unpaired) electrons. The van der Waals surface area contributed by atoms with Gasteiger partial charge in [0.25, 0.3) is 0 Å². The number of amides is 2. The van der Waals surface area contributed by atoms with E-state index >= 15 is 4.39 Å². The molecule has 0 spiro atoms. The van der Waals surface area contributed by atoms with Gasteiger partial charge in [-0.15, -0.1) is 0 Å². The molecule has 1 saturated heterocycles. The van der Waals surface area contributed by atoms with Gasteiger partial charge in [-0.2, -0.15) is 0 Å². The summed E-state index contributed by atoms with van der Waals surface area (Å²) in [4.78, 5) is 40.6. The van der Waals surface area contributed by atoms with Gasteiger partial charge >= 0.3 is 12.0 Å². The zero-order valence-corrected chi connectivity index (χ0v) is 29.6. The number of anilines is 1. The van der Waals surface area contributed by atoms with Crippen LogP contribution >= 0.6 is 0 Å². The van der Waals surface area contributed by atoms with Crippen LogP contribution in [0.1, 0.15) is 55.7 Å². The number of nitrogens with zero attached hydrogens (tertiary/aromatic N) is 6. The summed E-state index contributed by atoms with van der Waals surface area (Å²) < 4.78 is 29.7. The third-order valence-corrected chi connectivity index (χ3v) is 9.36. The van der Waals surface area contributed by atoms with Gasteiger partial charge in [0.1, 0.15) is 11.5 Å². The zero-order chi connectivity index (χ0) is 35.4. The third-order valence-electron chi connectivity index (χ3n) is 9.36. The lowest BCUT2D eigenvalue weighted by molar-refractivity contribution is -0.160. The molecule has 1 N–H and O–H groups in total. The first-order valence-electron chi connectivity index (χ1n) is 16.7. The smallest absolute Gasteiger partial charge is 0.337 e. The van der Waals surface area contributed by atoms with Crippen LogP contribution in [0, 0.1) is 19.7 Å². The molecule has 11 nitrogen and oxygen atoms in total. The van der Waals surface area contributed by atoms with Crippen molar-refractivity contribution >= 4 is 28.9 Å². The number of carboxylic acid groups (broad SMARTS) is 1. The van der Waals surface area contributed by atoms with E-state index < -0.39 is 23.5 Å². The Kier molecular flexibility index (Phi) is 9.04. The lowest BCUT2D eigenvalue weighted by atomic mass is 9.86. The second kappa shape index (κ2) is 13.0. The summed E-state index contributed by atoms with van der Waals surface area (Å²) in [6.07, 6.45) is 1.84. The number of carbonyl (C=O) groups is 2. The molecule has 6 rings (SSSR count). The predicted molar refractivity (Wildman–Crippen MR) is 187 cm³/mol. The fourth-order valence-electron chi connectivity index (χ4n) is 7.01. The summed E-state index contributed by atoms with van der Waals surface area (Å²) in [5, 5.41) is 11.2. The number of pyridine rings is 2. The molecule has 0 aliphatic carbocycles. The lowest BCUT2D eigenvalue weighted by Gasteiger charge is -2.36. The van der Waals surface area contributed by atoms with Crippen LogP contribution in [0.5, 0.6) is 5.75 Å². The molecule has 0 saturated carbocycles. The first kappa shape index (κ1) is 34.2. The highest BCUT2D eigenvalue weighted by Crippen LogP contribution is 2.45. The highest BCUT2D eigenvalue weighted by Gasteiger charge is 2.35. The molecule has 1 fully saturated rings. The molecule has 3 aromatic heterocycles. The Bertz CT molecular complexity index is 1940. The maximum Gasteiger partial charge on any atom is 0.337 e. The van der Waals surface area contributed by atoms with Gasteiger partial charge in [0.2, 0.25) is 0 Å². The van der Waals surface area contributed by atoms with Crippen molar-refractivity contribution in [3.8, 4) is 28.1 Å². The van der Waals surface area contributed by atoms with Gasteiger partial charge in [0.15, 0.2) is 17.7 Å². The number of carbonyl (C=O) groups excluding carboxylic acids is 1. The van der Waals surface area contributed by atoms with E-state index in [2.05, 4.69) is 9.88 Å². The number of aliphatic carboxylic acids is 1. The normalized spacial score (nSPS) is 15.6. The first-order valence-corrected chi connectivity index (χ1v) is 16.7. The number of ether oxygens (including phenoxy) is 2. The molecule has 5 heterocycles. The van der Waals surface area contributed by atoms with E-state index in [1.54, 1.807) is 32.1 Å². The number of fused-ring (bicyclic) bond motifs is 2. The quantitative estimate of drug-likeness (QED) is 0.261. The summed E-state index contributed by atoms with van der Waals surface area (Å²) >= 11 is 0. The Labute approximate surface area is 286 Å². The molecule has 2 aliphatic rings. The van der Waals surface area contributed by atoms with E-state index in [4.69, 9.17) is 14.5 Å². The average molecular weight is 673 g/mol. The van der Waals surface area contributed by atoms with Crippen molar-refractivity contribution in [1.29, 1.82) is 0 Å². The van der Waals surface area contributed by atoms with E-state index in [9.17, 15) is 14.7 Å². The number of hydrogen-bond acceptors (Lipinski definition) is 7. The molecule has 2 aliphatic heterocycles. The number of aryl methyl sites for hydroxylation is 2. The van der Waals surface area contributed by atoms with Crippen molar-refractivity contribution in [1.82, 2.24) is 24.3 Å². The number of piperazine rings is 1. The van der Waals surface area contributed by atoms with Crippen molar-refractivity contribution in [2.45, 2.75) is 59.2 Å². The van der Waals surface area contributed by atoms with Gasteiger partial charge in [0.05, 0.1) is 17.9 Å².